The van der Waals surface area contributed by atoms with Crippen LogP contribution in [0.2, 0.25) is 0 Å². The Hall–Kier alpha value is -3.28. The van der Waals surface area contributed by atoms with Crippen LogP contribution >= 0.6 is 0 Å². The highest BCUT2D eigenvalue weighted by atomic mass is 16.5. The fourth-order valence-corrected chi connectivity index (χ4v) is 2.78. The molecule has 0 bridgehead atoms. The van der Waals surface area contributed by atoms with Gasteiger partial charge >= 0.3 is 12.0 Å². The number of benzene rings is 2. The van der Waals surface area contributed by atoms with Gasteiger partial charge in [-0.25, -0.2) is 9.59 Å². The number of phenols is 1. The van der Waals surface area contributed by atoms with Crippen molar-refractivity contribution in [2.75, 3.05) is 6.61 Å². The minimum atomic E-state index is -0.727. The van der Waals surface area contributed by atoms with Gasteiger partial charge in [0.1, 0.15) is 5.75 Å². The predicted molar refractivity (Wildman–Crippen MR) is 92.5 cm³/mol. The van der Waals surface area contributed by atoms with Gasteiger partial charge in [0.15, 0.2) is 0 Å². The van der Waals surface area contributed by atoms with Crippen molar-refractivity contribution >= 4 is 17.7 Å². The molecular weight excluding hydrogens is 320 g/mol. The number of phenolic OH excluding ortho intramolecular Hbond substituents is 1. The summed E-state index contributed by atoms with van der Waals surface area (Å²) in [5.41, 5.74) is 1.98. The Balaban J connectivity index is 2.18. The lowest BCUT2D eigenvalue weighted by atomic mass is 9.92. The van der Waals surface area contributed by atoms with Crippen molar-refractivity contribution < 1.29 is 19.4 Å². The minimum Gasteiger partial charge on any atom is -0.508 e. The van der Waals surface area contributed by atoms with E-state index < -0.39 is 18.0 Å². The highest BCUT2D eigenvalue weighted by molar-refractivity contribution is 6.04. The lowest BCUT2D eigenvalue weighted by Crippen LogP contribution is -2.45. The van der Waals surface area contributed by atoms with Gasteiger partial charge in [-0.05, 0) is 30.2 Å². The fourth-order valence-electron chi connectivity index (χ4n) is 2.78. The summed E-state index contributed by atoms with van der Waals surface area (Å²) in [5, 5.41) is 15.2. The first kappa shape index (κ1) is 16.6. The van der Waals surface area contributed by atoms with E-state index in [-0.39, 0.29) is 12.4 Å². The highest BCUT2D eigenvalue weighted by Gasteiger charge is 2.34. The summed E-state index contributed by atoms with van der Waals surface area (Å²) < 4.78 is 5.20. The summed E-state index contributed by atoms with van der Waals surface area (Å²) in [6.45, 7) is 1.93. The van der Waals surface area contributed by atoms with Gasteiger partial charge in [0.05, 0.1) is 23.9 Å². The molecular formula is C19H18N2O4. The van der Waals surface area contributed by atoms with Crippen LogP contribution in [0, 0.1) is 0 Å². The van der Waals surface area contributed by atoms with E-state index >= 15 is 0 Å². The normalized spacial score (nSPS) is 16.8. The van der Waals surface area contributed by atoms with Crippen molar-refractivity contribution in [3.05, 3.63) is 71.3 Å². The number of rotatable bonds is 4. The average molecular weight is 338 g/mol. The summed E-state index contributed by atoms with van der Waals surface area (Å²) in [7, 11) is 0. The Kier molecular flexibility index (Phi) is 4.70. The molecule has 0 aromatic heterocycles. The molecule has 2 amide bonds. The van der Waals surface area contributed by atoms with E-state index in [0.29, 0.717) is 22.4 Å². The number of nitrogens with one attached hydrogen (secondary N) is 2. The average Bonchev–Trinajstić information content (AvgIpc) is 2.62. The molecule has 1 unspecified atom stereocenters. The van der Waals surface area contributed by atoms with Crippen LogP contribution in [-0.4, -0.2) is 23.7 Å². The summed E-state index contributed by atoms with van der Waals surface area (Å²) in [6, 6.07) is 14.4. The van der Waals surface area contributed by atoms with Crippen molar-refractivity contribution in [1.82, 2.24) is 10.6 Å². The zero-order valence-electron chi connectivity index (χ0n) is 13.7. The molecule has 2 aromatic rings. The molecule has 128 valence electrons. The Morgan fingerprint density at radius 3 is 2.60 bits per heavy atom. The topological polar surface area (TPSA) is 87.7 Å². The van der Waals surface area contributed by atoms with E-state index in [1.54, 1.807) is 31.2 Å². The van der Waals surface area contributed by atoms with Gasteiger partial charge in [-0.3, -0.25) is 0 Å². The van der Waals surface area contributed by atoms with Gasteiger partial charge in [0, 0.05) is 0 Å². The Morgan fingerprint density at radius 1 is 1.16 bits per heavy atom. The van der Waals surface area contributed by atoms with Gasteiger partial charge < -0.3 is 20.5 Å². The van der Waals surface area contributed by atoms with E-state index in [2.05, 4.69) is 10.6 Å². The number of aromatic hydroxyl groups is 1. The predicted octanol–water partition coefficient (Wildman–Crippen LogP) is 2.72. The van der Waals surface area contributed by atoms with Crippen LogP contribution in [0.25, 0.3) is 5.70 Å². The molecule has 6 nitrogen and oxygen atoms in total. The maximum atomic E-state index is 12.6. The fraction of sp³-hybridized carbons (Fsp3) is 0.158. The van der Waals surface area contributed by atoms with Crippen molar-refractivity contribution in [2.24, 2.45) is 0 Å². The zero-order chi connectivity index (χ0) is 17.8. The number of urea groups is 1. The van der Waals surface area contributed by atoms with E-state index in [4.69, 9.17) is 4.74 Å². The van der Waals surface area contributed by atoms with Crippen LogP contribution in [0.15, 0.2) is 60.2 Å². The molecule has 1 aliphatic rings. The molecule has 1 aliphatic heterocycles. The summed E-state index contributed by atoms with van der Waals surface area (Å²) in [5.74, 6) is -0.475. The highest BCUT2D eigenvalue weighted by Crippen LogP contribution is 2.32. The number of esters is 1. The van der Waals surface area contributed by atoms with Crippen molar-refractivity contribution in [3.63, 3.8) is 0 Å². The molecule has 0 spiro atoms. The standard InChI is InChI=1S/C19H18N2O4/c1-2-25-18(23)15-16(12-7-4-3-5-8-12)20-19(24)21-17(15)13-9-6-10-14(22)11-13/h3-11,17,22H,2H2,1H3,(H2,20,21,24). The first-order chi connectivity index (χ1) is 12.1. The third-order valence-electron chi connectivity index (χ3n) is 3.83. The Morgan fingerprint density at radius 2 is 1.92 bits per heavy atom. The third kappa shape index (κ3) is 3.47. The number of hydrogen-bond donors (Lipinski definition) is 3. The van der Waals surface area contributed by atoms with Gasteiger partial charge in [-0.1, -0.05) is 42.5 Å². The van der Waals surface area contributed by atoms with Crippen LogP contribution in [0.5, 0.6) is 5.75 Å². The number of hydrogen-bond acceptors (Lipinski definition) is 4. The monoisotopic (exact) mass is 338 g/mol. The van der Waals surface area contributed by atoms with Crippen molar-refractivity contribution in [2.45, 2.75) is 13.0 Å². The van der Waals surface area contributed by atoms with Crippen molar-refractivity contribution in [3.8, 4) is 5.75 Å². The molecule has 0 fully saturated rings. The minimum absolute atomic E-state index is 0.0507. The lowest BCUT2D eigenvalue weighted by Gasteiger charge is -2.29. The zero-order valence-corrected chi connectivity index (χ0v) is 13.7. The number of ether oxygens (including phenoxy) is 1. The van der Waals surface area contributed by atoms with Crippen LogP contribution < -0.4 is 10.6 Å². The first-order valence-corrected chi connectivity index (χ1v) is 7.93. The van der Waals surface area contributed by atoms with Crippen LogP contribution in [0.4, 0.5) is 4.79 Å². The van der Waals surface area contributed by atoms with E-state index in [1.165, 1.54) is 12.1 Å². The molecule has 1 atom stereocenters. The SMILES string of the molecule is CCOC(=O)C1=C(c2ccccc2)NC(=O)NC1c1cccc(O)c1. The smallest absolute Gasteiger partial charge is 0.338 e. The first-order valence-electron chi connectivity index (χ1n) is 7.93. The Bertz CT molecular complexity index is 830. The summed E-state index contributed by atoms with van der Waals surface area (Å²) in [4.78, 5) is 24.8. The second kappa shape index (κ2) is 7.09. The van der Waals surface area contributed by atoms with E-state index in [0.717, 1.165) is 0 Å². The summed E-state index contributed by atoms with van der Waals surface area (Å²) in [6.07, 6.45) is 0. The van der Waals surface area contributed by atoms with Gasteiger partial charge in [-0.2, -0.15) is 0 Å². The largest absolute Gasteiger partial charge is 0.508 e. The number of carbonyl (C=O) groups is 2. The molecule has 6 heteroatoms. The molecule has 0 aliphatic carbocycles. The maximum absolute atomic E-state index is 12.6. The van der Waals surface area contributed by atoms with Gasteiger partial charge in [-0.15, -0.1) is 0 Å². The molecule has 3 N–H and O–H groups in total. The van der Waals surface area contributed by atoms with Crippen molar-refractivity contribution in [1.29, 1.82) is 0 Å². The molecule has 0 saturated carbocycles. The van der Waals surface area contributed by atoms with E-state index in [9.17, 15) is 14.7 Å². The van der Waals surface area contributed by atoms with Crippen LogP contribution in [-0.2, 0) is 9.53 Å². The second-order valence-electron chi connectivity index (χ2n) is 5.50. The molecule has 3 rings (SSSR count). The third-order valence-corrected chi connectivity index (χ3v) is 3.83. The van der Waals surface area contributed by atoms with Gasteiger partial charge in [0.25, 0.3) is 0 Å². The molecule has 2 aromatic carbocycles. The molecule has 25 heavy (non-hydrogen) atoms. The molecule has 0 saturated heterocycles. The van der Waals surface area contributed by atoms with E-state index in [1.807, 2.05) is 18.2 Å². The lowest BCUT2D eigenvalue weighted by molar-refractivity contribution is -0.138. The molecule has 0 radical (unpaired) electrons. The molecule has 1 heterocycles. The number of carbonyl (C=O) groups excluding carboxylic acids is 2. The van der Waals surface area contributed by atoms with Gasteiger partial charge in [0.2, 0.25) is 0 Å². The van der Waals surface area contributed by atoms with Crippen LogP contribution in [0.1, 0.15) is 24.1 Å². The number of amides is 2. The maximum Gasteiger partial charge on any atom is 0.338 e. The Labute approximate surface area is 145 Å². The second-order valence-corrected chi connectivity index (χ2v) is 5.50. The quantitative estimate of drug-likeness (QED) is 0.748. The summed E-state index contributed by atoms with van der Waals surface area (Å²) >= 11 is 0. The van der Waals surface area contributed by atoms with Crippen LogP contribution in [0.3, 0.4) is 0 Å².